The fourth-order valence-electron chi connectivity index (χ4n) is 1.70. The predicted octanol–water partition coefficient (Wildman–Crippen LogP) is -0.226. The minimum Gasteiger partial charge on any atom is -0.480 e. The molecular weight excluding hydrogens is 232 g/mol. The largest absolute Gasteiger partial charge is 0.480 e. The van der Waals surface area contributed by atoms with Gasteiger partial charge in [0.2, 0.25) is 10.0 Å². The maximum absolute atomic E-state index is 11.8. The molecule has 0 saturated carbocycles. The highest BCUT2D eigenvalue weighted by atomic mass is 32.2. The molecule has 1 saturated heterocycles. The maximum Gasteiger partial charge on any atom is 0.320 e. The number of carboxylic acids is 1. The van der Waals surface area contributed by atoms with E-state index in [4.69, 9.17) is 5.11 Å². The standard InChI is InChI=1S/C9H18N2O4S/c1-3-4-11-6-5-10(7-16(11,14)15)8(2)9(12)13/h8H,3-7H2,1-2H3,(H,12,13)/t8-/m0/s1. The third-order valence-electron chi connectivity index (χ3n) is 2.74. The molecule has 1 heterocycles. The average molecular weight is 250 g/mol. The molecule has 1 aliphatic heterocycles. The number of rotatable bonds is 4. The second-order valence-electron chi connectivity index (χ2n) is 3.97. The minimum absolute atomic E-state index is 0.194. The third kappa shape index (κ3) is 2.93. The van der Waals surface area contributed by atoms with Crippen LogP contribution in [0.3, 0.4) is 0 Å². The number of hydrogen-bond acceptors (Lipinski definition) is 4. The molecule has 0 aromatic carbocycles. The van der Waals surface area contributed by atoms with Crippen molar-refractivity contribution in [3.63, 3.8) is 0 Å². The highest BCUT2D eigenvalue weighted by molar-refractivity contribution is 7.89. The molecule has 6 nitrogen and oxygen atoms in total. The van der Waals surface area contributed by atoms with Gasteiger partial charge in [0.05, 0.1) is 0 Å². The molecule has 1 rings (SSSR count). The van der Waals surface area contributed by atoms with E-state index in [1.165, 1.54) is 16.1 Å². The lowest BCUT2D eigenvalue weighted by Crippen LogP contribution is -2.54. The van der Waals surface area contributed by atoms with Gasteiger partial charge in [-0.1, -0.05) is 6.92 Å². The lowest BCUT2D eigenvalue weighted by Gasteiger charge is -2.35. The van der Waals surface area contributed by atoms with Crippen LogP contribution in [0.25, 0.3) is 0 Å². The fraction of sp³-hybridized carbons (Fsp3) is 0.889. The van der Waals surface area contributed by atoms with E-state index in [9.17, 15) is 13.2 Å². The first-order valence-electron chi connectivity index (χ1n) is 5.33. The molecule has 16 heavy (non-hydrogen) atoms. The minimum atomic E-state index is -3.32. The van der Waals surface area contributed by atoms with Crippen molar-refractivity contribution in [3.05, 3.63) is 0 Å². The van der Waals surface area contributed by atoms with E-state index in [-0.39, 0.29) is 5.88 Å². The van der Waals surface area contributed by atoms with E-state index in [1.807, 2.05) is 6.92 Å². The molecule has 1 aliphatic rings. The Balaban J connectivity index is 2.71. The monoisotopic (exact) mass is 250 g/mol. The van der Waals surface area contributed by atoms with Crippen LogP contribution in [0.2, 0.25) is 0 Å². The van der Waals surface area contributed by atoms with Gasteiger partial charge in [-0.3, -0.25) is 9.69 Å². The lowest BCUT2D eigenvalue weighted by molar-refractivity contribution is -0.142. The molecule has 0 aliphatic carbocycles. The van der Waals surface area contributed by atoms with Crippen LogP contribution >= 0.6 is 0 Å². The number of sulfonamides is 1. The lowest BCUT2D eigenvalue weighted by atomic mass is 10.3. The van der Waals surface area contributed by atoms with Gasteiger partial charge in [-0.05, 0) is 13.3 Å². The summed E-state index contributed by atoms with van der Waals surface area (Å²) in [5, 5.41) is 8.82. The first-order chi connectivity index (χ1) is 7.38. The summed E-state index contributed by atoms with van der Waals surface area (Å²) in [6, 6.07) is -0.751. The predicted molar refractivity (Wildman–Crippen MR) is 59.5 cm³/mol. The van der Waals surface area contributed by atoms with Crippen molar-refractivity contribution in [1.29, 1.82) is 0 Å². The van der Waals surface area contributed by atoms with Gasteiger partial charge in [0.1, 0.15) is 11.9 Å². The highest BCUT2D eigenvalue weighted by Crippen LogP contribution is 2.14. The van der Waals surface area contributed by atoms with Crippen LogP contribution in [0.15, 0.2) is 0 Å². The van der Waals surface area contributed by atoms with Crippen molar-refractivity contribution >= 4 is 16.0 Å². The molecule has 0 radical (unpaired) electrons. The van der Waals surface area contributed by atoms with Crippen molar-refractivity contribution < 1.29 is 18.3 Å². The van der Waals surface area contributed by atoms with Crippen LogP contribution in [-0.4, -0.2) is 60.3 Å². The molecule has 0 aromatic rings. The van der Waals surface area contributed by atoms with Crippen molar-refractivity contribution in [1.82, 2.24) is 9.21 Å². The van der Waals surface area contributed by atoms with Crippen molar-refractivity contribution in [2.24, 2.45) is 0 Å². The van der Waals surface area contributed by atoms with Gasteiger partial charge in [-0.15, -0.1) is 0 Å². The summed E-state index contributed by atoms with van der Waals surface area (Å²) in [6.07, 6.45) is 0.772. The molecule has 0 unspecified atom stereocenters. The topological polar surface area (TPSA) is 77.9 Å². The van der Waals surface area contributed by atoms with Crippen molar-refractivity contribution in [2.45, 2.75) is 26.3 Å². The van der Waals surface area contributed by atoms with Crippen LogP contribution in [0.5, 0.6) is 0 Å². The first-order valence-corrected chi connectivity index (χ1v) is 6.94. The molecular formula is C9H18N2O4S. The molecule has 0 spiro atoms. The summed E-state index contributed by atoms with van der Waals surface area (Å²) in [7, 11) is -3.32. The number of carbonyl (C=O) groups is 1. The second kappa shape index (κ2) is 5.11. The molecule has 1 N–H and O–H groups in total. The Kier molecular flexibility index (Phi) is 4.28. The van der Waals surface area contributed by atoms with Crippen molar-refractivity contribution in [2.75, 3.05) is 25.5 Å². The second-order valence-corrected chi connectivity index (χ2v) is 5.91. The number of nitrogens with zero attached hydrogens (tertiary/aromatic N) is 2. The summed E-state index contributed by atoms with van der Waals surface area (Å²) < 4.78 is 25.0. The number of carboxylic acid groups (broad SMARTS) is 1. The molecule has 0 aromatic heterocycles. The van der Waals surface area contributed by atoms with Crippen LogP contribution in [0, 0.1) is 0 Å². The third-order valence-corrected chi connectivity index (χ3v) is 4.55. The quantitative estimate of drug-likeness (QED) is 0.746. The Labute approximate surface area is 95.9 Å². The van der Waals surface area contributed by atoms with E-state index >= 15 is 0 Å². The zero-order valence-corrected chi connectivity index (χ0v) is 10.4. The Bertz CT molecular complexity index is 355. The zero-order valence-electron chi connectivity index (χ0n) is 9.59. The van der Waals surface area contributed by atoms with Gasteiger partial charge < -0.3 is 5.11 Å². The van der Waals surface area contributed by atoms with E-state index < -0.39 is 22.0 Å². The summed E-state index contributed by atoms with van der Waals surface area (Å²) in [6.45, 7) is 4.80. The molecule has 1 fully saturated rings. The summed E-state index contributed by atoms with van der Waals surface area (Å²) in [4.78, 5) is 12.2. The normalized spacial score (nSPS) is 24.1. The van der Waals surface area contributed by atoms with Crippen molar-refractivity contribution in [3.8, 4) is 0 Å². The van der Waals surface area contributed by atoms with Crippen LogP contribution in [0.1, 0.15) is 20.3 Å². The van der Waals surface area contributed by atoms with E-state index in [2.05, 4.69) is 0 Å². The summed E-state index contributed by atoms with van der Waals surface area (Å²) in [5.41, 5.74) is 0. The van der Waals surface area contributed by atoms with Crippen LogP contribution < -0.4 is 0 Å². The first kappa shape index (κ1) is 13.4. The Hall–Kier alpha value is -0.660. The maximum atomic E-state index is 11.8. The fourth-order valence-corrected chi connectivity index (χ4v) is 3.45. The number of aliphatic carboxylic acids is 1. The SMILES string of the molecule is CCCN1CCN([C@@H](C)C(=O)O)CS1(=O)=O. The Morgan fingerprint density at radius 1 is 1.44 bits per heavy atom. The van der Waals surface area contributed by atoms with Gasteiger partial charge >= 0.3 is 5.97 Å². The average Bonchev–Trinajstić information content (AvgIpc) is 2.19. The Morgan fingerprint density at radius 2 is 2.06 bits per heavy atom. The smallest absolute Gasteiger partial charge is 0.320 e. The van der Waals surface area contributed by atoms with Gasteiger partial charge in [0, 0.05) is 19.6 Å². The highest BCUT2D eigenvalue weighted by Gasteiger charge is 2.34. The molecule has 0 amide bonds. The van der Waals surface area contributed by atoms with E-state index in [1.54, 1.807) is 0 Å². The van der Waals surface area contributed by atoms with Crippen LogP contribution in [-0.2, 0) is 14.8 Å². The summed E-state index contributed by atoms with van der Waals surface area (Å²) >= 11 is 0. The summed E-state index contributed by atoms with van der Waals surface area (Å²) in [5.74, 6) is -1.18. The van der Waals surface area contributed by atoms with Gasteiger partial charge in [-0.2, -0.15) is 4.31 Å². The van der Waals surface area contributed by atoms with E-state index in [0.717, 1.165) is 6.42 Å². The van der Waals surface area contributed by atoms with Crippen LogP contribution in [0.4, 0.5) is 0 Å². The Morgan fingerprint density at radius 3 is 2.50 bits per heavy atom. The molecule has 94 valence electrons. The van der Waals surface area contributed by atoms with Gasteiger partial charge in [0.25, 0.3) is 0 Å². The van der Waals surface area contributed by atoms with Gasteiger partial charge in [0.15, 0.2) is 0 Å². The van der Waals surface area contributed by atoms with E-state index in [0.29, 0.717) is 19.6 Å². The van der Waals surface area contributed by atoms with Gasteiger partial charge in [-0.25, -0.2) is 8.42 Å². The zero-order chi connectivity index (χ0) is 12.3. The molecule has 7 heteroatoms. The molecule has 1 atom stereocenters. The number of hydrogen-bond donors (Lipinski definition) is 1. The molecule has 0 bridgehead atoms.